The first-order valence-corrected chi connectivity index (χ1v) is 10.9. The SMILES string of the molecule is CCCCN1/C(=C/C=C2\CCCC(/C=C(\C#N)C(=O)O)=C2Cl)Sc2ccccc21. The van der Waals surface area contributed by atoms with Gasteiger partial charge in [0.25, 0.3) is 0 Å². The Labute approximate surface area is 180 Å². The van der Waals surface area contributed by atoms with Gasteiger partial charge in [-0.3, -0.25) is 0 Å². The molecule has 1 aliphatic carbocycles. The molecular weight excluding hydrogens is 404 g/mol. The van der Waals surface area contributed by atoms with Crippen LogP contribution in [0.15, 0.2) is 74.2 Å². The Hall–Kier alpha value is -2.42. The van der Waals surface area contributed by atoms with Gasteiger partial charge in [-0.25, -0.2) is 4.79 Å². The molecule has 0 radical (unpaired) electrons. The Kier molecular flexibility index (Phi) is 7.24. The van der Waals surface area contributed by atoms with Gasteiger partial charge in [0.2, 0.25) is 0 Å². The molecule has 0 saturated heterocycles. The Bertz CT molecular complexity index is 969. The molecule has 4 nitrogen and oxygen atoms in total. The minimum Gasteiger partial charge on any atom is -0.477 e. The summed E-state index contributed by atoms with van der Waals surface area (Å²) in [6.07, 6.45) is 10.2. The van der Waals surface area contributed by atoms with Crippen molar-refractivity contribution >= 4 is 35.0 Å². The third kappa shape index (κ3) is 4.95. The van der Waals surface area contributed by atoms with Crippen molar-refractivity contribution in [2.24, 2.45) is 0 Å². The smallest absolute Gasteiger partial charge is 0.346 e. The van der Waals surface area contributed by atoms with Gasteiger partial charge in [0.15, 0.2) is 0 Å². The molecule has 0 saturated carbocycles. The molecule has 1 aromatic rings. The van der Waals surface area contributed by atoms with E-state index >= 15 is 0 Å². The van der Waals surface area contributed by atoms with Crippen LogP contribution in [0.3, 0.4) is 0 Å². The summed E-state index contributed by atoms with van der Waals surface area (Å²) in [5, 5.41) is 19.8. The molecule has 1 aromatic carbocycles. The highest BCUT2D eigenvalue weighted by atomic mass is 35.5. The molecular formula is C23H23ClN2O2S. The Morgan fingerprint density at radius 3 is 2.86 bits per heavy atom. The standard InChI is InChI=1S/C23H23ClN2O2S/c1-2-3-13-26-19-9-4-5-10-20(19)29-21(26)12-11-16-7-6-8-17(22(16)24)14-18(15-25)23(27)28/h4-5,9-12,14H,2-3,6-8,13H2,1H3,(H,27,28)/b16-11+,18-14+,21-12-. The van der Waals surface area contributed by atoms with Crippen molar-refractivity contribution in [3.63, 3.8) is 0 Å². The molecule has 6 heteroatoms. The summed E-state index contributed by atoms with van der Waals surface area (Å²) in [4.78, 5) is 14.7. The van der Waals surface area contributed by atoms with Gasteiger partial charge < -0.3 is 10.0 Å². The van der Waals surface area contributed by atoms with Gasteiger partial charge in [-0.05, 0) is 61.1 Å². The fourth-order valence-corrected chi connectivity index (χ4v) is 4.80. The lowest BCUT2D eigenvalue weighted by Gasteiger charge is -2.20. The van der Waals surface area contributed by atoms with Crippen LogP contribution in [0.5, 0.6) is 0 Å². The second kappa shape index (κ2) is 9.87. The van der Waals surface area contributed by atoms with Crippen LogP contribution < -0.4 is 4.90 Å². The summed E-state index contributed by atoms with van der Waals surface area (Å²) in [5.41, 5.74) is 2.65. The predicted octanol–water partition coefficient (Wildman–Crippen LogP) is 6.38. The average molecular weight is 427 g/mol. The van der Waals surface area contributed by atoms with Crippen LogP contribution in [0.4, 0.5) is 5.69 Å². The molecule has 3 rings (SSSR count). The highest BCUT2D eigenvalue weighted by molar-refractivity contribution is 8.03. The zero-order chi connectivity index (χ0) is 20.8. The van der Waals surface area contributed by atoms with Crippen LogP contribution in [0.1, 0.15) is 39.0 Å². The summed E-state index contributed by atoms with van der Waals surface area (Å²) in [6.45, 7) is 3.16. The first kappa shape index (κ1) is 21.3. The summed E-state index contributed by atoms with van der Waals surface area (Å²) >= 11 is 8.32. The van der Waals surface area contributed by atoms with Crippen LogP contribution >= 0.6 is 23.4 Å². The van der Waals surface area contributed by atoms with Gasteiger partial charge in [0.1, 0.15) is 11.6 Å². The molecule has 1 aliphatic heterocycles. The second-order valence-corrected chi connectivity index (χ2v) is 8.38. The zero-order valence-corrected chi connectivity index (χ0v) is 17.9. The van der Waals surface area contributed by atoms with E-state index in [2.05, 4.69) is 42.2 Å². The molecule has 1 N–H and O–H groups in total. The van der Waals surface area contributed by atoms with Gasteiger partial charge >= 0.3 is 5.97 Å². The van der Waals surface area contributed by atoms with E-state index < -0.39 is 5.97 Å². The molecule has 0 fully saturated rings. The number of carboxylic acid groups (broad SMARTS) is 1. The third-order valence-electron chi connectivity index (χ3n) is 4.92. The molecule has 0 unspecified atom stereocenters. The maximum atomic E-state index is 11.1. The molecule has 0 spiro atoms. The van der Waals surface area contributed by atoms with Crippen molar-refractivity contribution in [1.29, 1.82) is 5.26 Å². The van der Waals surface area contributed by atoms with Gasteiger partial charge in [-0.15, -0.1) is 0 Å². The van der Waals surface area contributed by atoms with E-state index in [1.165, 1.54) is 21.7 Å². The minimum absolute atomic E-state index is 0.287. The van der Waals surface area contributed by atoms with E-state index in [1.807, 2.05) is 6.08 Å². The van der Waals surface area contributed by atoms with Crippen molar-refractivity contribution in [2.45, 2.75) is 43.9 Å². The number of nitriles is 1. The Morgan fingerprint density at radius 2 is 2.14 bits per heavy atom. The van der Waals surface area contributed by atoms with Gasteiger partial charge in [-0.1, -0.05) is 54.9 Å². The monoisotopic (exact) mass is 426 g/mol. The van der Waals surface area contributed by atoms with Gasteiger partial charge in [-0.2, -0.15) is 5.26 Å². The number of thioether (sulfide) groups is 1. The number of nitrogens with zero attached hydrogens (tertiary/aromatic N) is 2. The number of carboxylic acids is 1. The van der Waals surface area contributed by atoms with E-state index in [0.717, 1.165) is 37.8 Å². The molecule has 0 amide bonds. The van der Waals surface area contributed by atoms with E-state index in [9.17, 15) is 4.79 Å². The summed E-state index contributed by atoms with van der Waals surface area (Å²) in [7, 11) is 0. The number of anilines is 1. The van der Waals surface area contributed by atoms with Crippen LogP contribution in [-0.4, -0.2) is 17.6 Å². The molecule has 0 aromatic heterocycles. The quantitative estimate of drug-likeness (QED) is 0.422. The number of para-hydroxylation sites is 1. The normalized spacial score (nSPS) is 19.6. The highest BCUT2D eigenvalue weighted by Crippen LogP contribution is 2.46. The Balaban J connectivity index is 1.91. The average Bonchev–Trinajstić information content (AvgIpc) is 3.07. The van der Waals surface area contributed by atoms with Crippen molar-refractivity contribution in [2.75, 3.05) is 11.4 Å². The number of carbonyl (C=O) groups is 1. The Morgan fingerprint density at radius 1 is 1.34 bits per heavy atom. The lowest BCUT2D eigenvalue weighted by Crippen LogP contribution is -2.18. The van der Waals surface area contributed by atoms with Crippen molar-refractivity contribution in [3.05, 3.63) is 69.3 Å². The van der Waals surface area contributed by atoms with E-state index in [0.29, 0.717) is 17.0 Å². The highest BCUT2D eigenvalue weighted by Gasteiger charge is 2.24. The van der Waals surface area contributed by atoms with E-state index in [-0.39, 0.29) is 5.57 Å². The number of rotatable bonds is 6. The molecule has 0 bridgehead atoms. The van der Waals surface area contributed by atoms with E-state index in [1.54, 1.807) is 17.8 Å². The molecule has 150 valence electrons. The first-order valence-electron chi connectivity index (χ1n) is 9.74. The molecule has 0 atom stereocenters. The fourth-order valence-electron chi connectivity index (χ4n) is 3.40. The van der Waals surface area contributed by atoms with Crippen LogP contribution in [0, 0.1) is 11.3 Å². The van der Waals surface area contributed by atoms with Crippen LogP contribution in [0.2, 0.25) is 0 Å². The van der Waals surface area contributed by atoms with Crippen molar-refractivity contribution in [3.8, 4) is 6.07 Å². The lowest BCUT2D eigenvalue weighted by molar-refractivity contribution is -0.132. The number of hydrogen-bond donors (Lipinski definition) is 1. The van der Waals surface area contributed by atoms with Crippen LogP contribution in [0.25, 0.3) is 0 Å². The number of unbranched alkanes of at least 4 members (excludes halogenated alkanes) is 1. The third-order valence-corrected chi connectivity index (χ3v) is 6.54. The van der Waals surface area contributed by atoms with Crippen molar-refractivity contribution < 1.29 is 9.90 Å². The number of hydrogen-bond acceptors (Lipinski definition) is 4. The fraction of sp³-hybridized carbons (Fsp3) is 0.304. The number of aliphatic carboxylic acids is 1. The maximum absolute atomic E-state index is 11.1. The number of benzene rings is 1. The second-order valence-electron chi connectivity index (χ2n) is 6.94. The minimum atomic E-state index is -1.23. The van der Waals surface area contributed by atoms with Crippen LogP contribution in [-0.2, 0) is 4.79 Å². The largest absolute Gasteiger partial charge is 0.477 e. The van der Waals surface area contributed by atoms with Crippen molar-refractivity contribution in [1.82, 2.24) is 0 Å². The molecule has 29 heavy (non-hydrogen) atoms. The molecule has 2 aliphatic rings. The number of allylic oxidation sites excluding steroid dienone is 6. The van der Waals surface area contributed by atoms with E-state index in [4.69, 9.17) is 22.0 Å². The van der Waals surface area contributed by atoms with Gasteiger partial charge in [0, 0.05) is 16.5 Å². The summed E-state index contributed by atoms with van der Waals surface area (Å²) in [5.74, 6) is -1.23. The topological polar surface area (TPSA) is 64.3 Å². The maximum Gasteiger partial charge on any atom is 0.346 e. The lowest BCUT2D eigenvalue weighted by atomic mass is 9.93. The zero-order valence-electron chi connectivity index (χ0n) is 16.3. The number of halogens is 1. The van der Waals surface area contributed by atoms with Gasteiger partial charge in [0.05, 0.1) is 10.7 Å². The summed E-state index contributed by atoms with van der Waals surface area (Å²) in [6, 6.07) is 10.1. The molecule has 1 heterocycles. The summed E-state index contributed by atoms with van der Waals surface area (Å²) < 4.78 is 0. The number of fused-ring (bicyclic) bond motifs is 1. The first-order chi connectivity index (χ1) is 14.0. The predicted molar refractivity (Wildman–Crippen MR) is 119 cm³/mol.